The van der Waals surface area contributed by atoms with Crippen LogP contribution in [-0.4, -0.2) is 81.6 Å². The number of benzene rings is 1. The van der Waals surface area contributed by atoms with Gasteiger partial charge in [0.1, 0.15) is 17.3 Å². The quantitative estimate of drug-likeness (QED) is 0.437. The lowest BCUT2D eigenvalue weighted by molar-refractivity contribution is -0.134. The largest absolute Gasteiger partial charge is 0.494 e. The van der Waals surface area contributed by atoms with Crippen LogP contribution in [0.3, 0.4) is 0 Å². The summed E-state index contributed by atoms with van der Waals surface area (Å²) in [5, 5.41) is 19.6. The summed E-state index contributed by atoms with van der Waals surface area (Å²) in [6.07, 6.45) is 1.88. The van der Waals surface area contributed by atoms with E-state index < -0.39 is 23.2 Å². The van der Waals surface area contributed by atoms with Gasteiger partial charge in [-0.15, -0.1) is 0 Å². The fourth-order valence-corrected chi connectivity index (χ4v) is 3.39. The van der Waals surface area contributed by atoms with Gasteiger partial charge in [-0.05, 0) is 25.5 Å². The standard InChI is InChI=1S/C18H24FN5O3.C4H4O4/c1-13-17(25)20-18(26)24(21-13)7-3-6-22-8-10-23(11-9-22)15-5-4-14(19)12-16(15)27-2;5-3(6)1-2-4(7)8/h4-5,12H,3,6-11H2,1-2H3,(H,20,25,26);1-2H,(H,5,6)(H,7,8)/b;2-1+. The fourth-order valence-electron chi connectivity index (χ4n) is 3.39. The molecule has 35 heavy (non-hydrogen) atoms. The molecule has 1 aromatic carbocycles. The predicted molar refractivity (Wildman–Crippen MR) is 124 cm³/mol. The number of ether oxygens (including phenoxy) is 1. The summed E-state index contributed by atoms with van der Waals surface area (Å²) in [6, 6.07) is 4.60. The molecule has 2 aromatic rings. The van der Waals surface area contributed by atoms with Crippen LogP contribution in [0, 0.1) is 12.7 Å². The Morgan fingerprint density at radius 2 is 1.74 bits per heavy atom. The zero-order valence-electron chi connectivity index (χ0n) is 19.4. The maximum absolute atomic E-state index is 13.4. The van der Waals surface area contributed by atoms with Gasteiger partial charge in [-0.1, -0.05) is 0 Å². The van der Waals surface area contributed by atoms with Crippen LogP contribution in [0.25, 0.3) is 0 Å². The lowest BCUT2D eigenvalue weighted by atomic mass is 10.2. The molecule has 2 heterocycles. The van der Waals surface area contributed by atoms with Crippen LogP contribution in [0.15, 0.2) is 39.9 Å². The molecule has 1 saturated heterocycles. The Bertz CT molecular complexity index is 1150. The van der Waals surface area contributed by atoms with Crippen LogP contribution >= 0.6 is 0 Å². The molecule has 12 nitrogen and oxygen atoms in total. The number of halogens is 1. The number of carboxylic acids is 2. The predicted octanol–water partition coefficient (Wildman–Crippen LogP) is 0.312. The lowest BCUT2D eigenvalue weighted by Crippen LogP contribution is -2.47. The molecule has 0 spiro atoms. The van der Waals surface area contributed by atoms with E-state index in [1.165, 1.54) is 16.8 Å². The topological polar surface area (TPSA) is 158 Å². The molecule has 13 heteroatoms. The van der Waals surface area contributed by atoms with Crippen LogP contribution in [0.1, 0.15) is 12.1 Å². The molecule has 0 aliphatic carbocycles. The highest BCUT2D eigenvalue weighted by Gasteiger charge is 2.20. The number of anilines is 1. The van der Waals surface area contributed by atoms with Crippen molar-refractivity contribution in [2.75, 3.05) is 44.7 Å². The first-order chi connectivity index (χ1) is 16.6. The Morgan fingerprint density at radius 1 is 1.11 bits per heavy atom. The van der Waals surface area contributed by atoms with E-state index in [4.69, 9.17) is 14.9 Å². The number of hydrogen-bond donors (Lipinski definition) is 3. The van der Waals surface area contributed by atoms with Gasteiger partial charge in [0.15, 0.2) is 0 Å². The van der Waals surface area contributed by atoms with Crippen LogP contribution in [0.4, 0.5) is 10.1 Å². The number of aromatic nitrogens is 3. The Morgan fingerprint density at radius 3 is 2.31 bits per heavy atom. The van der Waals surface area contributed by atoms with Crippen molar-refractivity contribution >= 4 is 17.6 Å². The van der Waals surface area contributed by atoms with Crippen LogP contribution < -0.4 is 20.9 Å². The van der Waals surface area contributed by atoms with E-state index in [0.29, 0.717) is 24.4 Å². The van der Waals surface area contributed by atoms with E-state index in [-0.39, 0.29) is 11.5 Å². The van der Waals surface area contributed by atoms with Crippen LogP contribution in [0.5, 0.6) is 5.75 Å². The maximum Gasteiger partial charge on any atom is 0.344 e. The molecule has 1 aliphatic heterocycles. The summed E-state index contributed by atoms with van der Waals surface area (Å²) in [7, 11) is 1.54. The summed E-state index contributed by atoms with van der Waals surface area (Å²) >= 11 is 0. The number of aryl methyl sites for hydroxylation is 2. The molecular formula is C22H28FN5O7. The van der Waals surface area contributed by atoms with Crippen molar-refractivity contribution in [2.45, 2.75) is 19.9 Å². The number of methoxy groups -OCH3 is 1. The third-order valence-corrected chi connectivity index (χ3v) is 5.12. The van der Waals surface area contributed by atoms with Gasteiger partial charge in [-0.25, -0.2) is 23.5 Å². The number of carbonyl (C=O) groups is 2. The van der Waals surface area contributed by atoms with E-state index in [0.717, 1.165) is 44.8 Å². The SMILES string of the molecule is COc1cc(F)ccc1N1CCN(CCCn2nc(C)c(=O)[nH]c2=O)CC1.O=C(O)/C=C/C(=O)O. The van der Waals surface area contributed by atoms with Crippen molar-refractivity contribution in [1.82, 2.24) is 19.7 Å². The minimum atomic E-state index is -1.26. The van der Waals surface area contributed by atoms with Crippen molar-refractivity contribution in [1.29, 1.82) is 0 Å². The normalized spacial score (nSPS) is 13.9. The van der Waals surface area contributed by atoms with Crippen molar-refractivity contribution in [3.05, 3.63) is 62.7 Å². The lowest BCUT2D eigenvalue weighted by Gasteiger charge is -2.36. The van der Waals surface area contributed by atoms with E-state index in [1.807, 2.05) is 0 Å². The van der Waals surface area contributed by atoms with Gasteiger partial charge in [0.25, 0.3) is 5.56 Å². The Labute approximate surface area is 199 Å². The first-order valence-corrected chi connectivity index (χ1v) is 10.7. The summed E-state index contributed by atoms with van der Waals surface area (Å²) in [5.41, 5.74) is 0.275. The number of piperazine rings is 1. The summed E-state index contributed by atoms with van der Waals surface area (Å²) in [4.78, 5) is 49.0. The van der Waals surface area contributed by atoms with Gasteiger partial charge in [0, 0.05) is 57.5 Å². The molecule has 0 atom stereocenters. The molecule has 1 fully saturated rings. The van der Waals surface area contributed by atoms with Crippen molar-refractivity contribution in [2.24, 2.45) is 0 Å². The van der Waals surface area contributed by atoms with E-state index in [9.17, 15) is 23.6 Å². The molecule has 3 N–H and O–H groups in total. The number of rotatable bonds is 8. The number of carboxylic acid groups (broad SMARTS) is 2. The van der Waals surface area contributed by atoms with Crippen LogP contribution in [-0.2, 0) is 16.1 Å². The van der Waals surface area contributed by atoms with Gasteiger partial charge in [0.2, 0.25) is 0 Å². The molecule has 0 unspecified atom stereocenters. The summed E-state index contributed by atoms with van der Waals surface area (Å²) in [6.45, 7) is 6.25. The van der Waals surface area contributed by atoms with Gasteiger partial charge in [0.05, 0.1) is 12.8 Å². The smallest absolute Gasteiger partial charge is 0.344 e. The number of aliphatic carboxylic acids is 2. The number of nitrogens with one attached hydrogen (secondary N) is 1. The molecule has 0 bridgehead atoms. The highest BCUT2D eigenvalue weighted by Crippen LogP contribution is 2.29. The Hall–Kier alpha value is -4.00. The molecule has 0 radical (unpaired) electrons. The van der Waals surface area contributed by atoms with E-state index in [1.54, 1.807) is 20.1 Å². The number of nitrogens with zero attached hydrogens (tertiary/aromatic N) is 4. The third-order valence-electron chi connectivity index (χ3n) is 5.12. The van der Waals surface area contributed by atoms with Crippen molar-refractivity contribution < 1.29 is 28.9 Å². The van der Waals surface area contributed by atoms with E-state index >= 15 is 0 Å². The monoisotopic (exact) mass is 493 g/mol. The van der Waals surface area contributed by atoms with E-state index in [2.05, 4.69) is 19.9 Å². The van der Waals surface area contributed by atoms with Gasteiger partial charge in [-0.2, -0.15) is 5.10 Å². The molecule has 190 valence electrons. The fraction of sp³-hybridized carbons (Fsp3) is 0.409. The molecule has 0 saturated carbocycles. The molecule has 3 rings (SSSR count). The highest BCUT2D eigenvalue weighted by atomic mass is 19.1. The molecule has 0 amide bonds. The molecular weight excluding hydrogens is 465 g/mol. The zero-order chi connectivity index (χ0) is 26.0. The highest BCUT2D eigenvalue weighted by molar-refractivity contribution is 5.89. The third kappa shape index (κ3) is 8.70. The number of hydrogen-bond acceptors (Lipinski definition) is 8. The molecule has 1 aliphatic rings. The van der Waals surface area contributed by atoms with Gasteiger partial charge < -0.3 is 19.8 Å². The summed E-state index contributed by atoms with van der Waals surface area (Å²) < 4.78 is 20.0. The molecule has 1 aromatic heterocycles. The Kier molecular flexibility index (Phi) is 10.1. The van der Waals surface area contributed by atoms with Crippen molar-refractivity contribution in [3.63, 3.8) is 0 Å². The Balaban J connectivity index is 0.000000466. The first kappa shape index (κ1) is 27.2. The minimum Gasteiger partial charge on any atom is -0.494 e. The van der Waals surface area contributed by atoms with Crippen molar-refractivity contribution in [3.8, 4) is 5.75 Å². The second-order valence-corrected chi connectivity index (χ2v) is 7.58. The average Bonchev–Trinajstić information content (AvgIpc) is 2.82. The average molecular weight is 493 g/mol. The van der Waals surface area contributed by atoms with Gasteiger partial charge in [-0.3, -0.25) is 14.7 Å². The maximum atomic E-state index is 13.4. The minimum absolute atomic E-state index is 0.288. The second kappa shape index (κ2) is 13.0. The summed E-state index contributed by atoms with van der Waals surface area (Å²) in [5.74, 6) is -2.28. The number of aromatic amines is 1. The second-order valence-electron chi connectivity index (χ2n) is 7.58. The number of H-pyrrole nitrogens is 1. The zero-order valence-corrected chi connectivity index (χ0v) is 19.4. The first-order valence-electron chi connectivity index (χ1n) is 10.7. The van der Waals surface area contributed by atoms with Crippen LogP contribution in [0.2, 0.25) is 0 Å². The van der Waals surface area contributed by atoms with Gasteiger partial charge >= 0.3 is 17.6 Å².